The van der Waals surface area contributed by atoms with Crippen molar-refractivity contribution in [1.29, 1.82) is 0 Å². The number of esters is 2. The second kappa shape index (κ2) is 12.1. The van der Waals surface area contributed by atoms with E-state index in [1.807, 2.05) is 0 Å². The Morgan fingerprint density at radius 2 is 0.700 bits per heavy atom. The van der Waals surface area contributed by atoms with Crippen LogP contribution in [0.3, 0.4) is 0 Å². The molecule has 0 aromatic rings. The highest BCUT2D eigenvalue weighted by Crippen LogP contribution is 2.55. The fourth-order valence-corrected chi connectivity index (χ4v) is 2.30. The average Bonchev–Trinajstić information content (AvgIpc) is 2.76. The molecule has 4 nitrogen and oxygen atoms in total. The number of carbonyl (C=O) groups is 2. The third-order valence-corrected chi connectivity index (χ3v) is 4.53. The lowest BCUT2D eigenvalue weighted by Gasteiger charge is -2.33. The largest absolute Gasteiger partial charge is 0.463 e. The van der Waals surface area contributed by atoms with Crippen LogP contribution in [0.2, 0.25) is 0 Å². The van der Waals surface area contributed by atoms with E-state index in [2.05, 4.69) is 9.47 Å². The molecule has 40 heavy (non-hydrogen) atoms. The molecule has 0 saturated carbocycles. The van der Waals surface area contributed by atoms with E-state index in [0.717, 1.165) is 0 Å². The summed E-state index contributed by atoms with van der Waals surface area (Å²) in [7, 11) is 0. The SMILES string of the molecule is O=C(/C=C\C(=O)OCCCC(F)(F)C(F)(F)C(F)(F)C(F)(F)F)OCCCC(F)(F)C(F)(F)C(F)(F)C(F)(F)F. The molecule has 0 atom stereocenters. The first kappa shape index (κ1) is 37.4. The Bertz CT molecular complexity index is 831. The van der Waals surface area contributed by atoms with Crippen LogP contribution in [0.5, 0.6) is 0 Å². The Morgan fingerprint density at radius 3 is 0.925 bits per heavy atom. The summed E-state index contributed by atoms with van der Waals surface area (Å²) in [5, 5.41) is 0. The third kappa shape index (κ3) is 8.00. The Balaban J connectivity index is 4.71. The molecule has 0 aliphatic heterocycles. The Kier molecular flexibility index (Phi) is 11.3. The van der Waals surface area contributed by atoms with Crippen LogP contribution in [0.25, 0.3) is 0 Å². The Morgan fingerprint density at radius 1 is 0.450 bits per heavy atom. The molecule has 0 aromatic carbocycles. The predicted octanol–water partition coefficient (Wildman–Crippen LogP) is 7.13. The zero-order chi connectivity index (χ0) is 32.2. The van der Waals surface area contributed by atoms with E-state index in [0.29, 0.717) is 0 Å². The number of halogens is 18. The number of alkyl halides is 18. The molecule has 0 radical (unpaired) electrons. The third-order valence-electron chi connectivity index (χ3n) is 4.53. The minimum atomic E-state index is -7.13. The van der Waals surface area contributed by atoms with Crippen molar-refractivity contribution in [1.82, 2.24) is 0 Å². The molecular formula is C18H14F18O4. The van der Waals surface area contributed by atoms with E-state index in [9.17, 15) is 88.6 Å². The topological polar surface area (TPSA) is 52.6 Å². The second-order valence-corrected chi connectivity index (χ2v) is 7.58. The summed E-state index contributed by atoms with van der Waals surface area (Å²) in [5.74, 6) is -43.3. The minimum absolute atomic E-state index is 0.0829. The highest BCUT2D eigenvalue weighted by molar-refractivity contribution is 5.91. The number of ether oxygens (including phenoxy) is 2. The maximum Gasteiger partial charge on any atom is 0.460 e. The Labute approximate surface area is 210 Å². The zero-order valence-corrected chi connectivity index (χ0v) is 18.8. The van der Waals surface area contributed by atoms with Crippen LogP contribution < -0.4 is 0 Å². The molecule has 0 spiro atoms. The number of hydrogen-bond acceptors (Lipinski definition) is 4. The molecule has 0 fully saturated rings. The summed E-state index contributed by atoms with van der Waals surface area (Å²) in [5.41, 5.74) is 0. The van der Waals surface area contributed by atoms with Crippen LogP contribution in [0, 0.1) is 0 Å². The van der Waals surface area contributed by atoms with Crippen LogP contribution in [0.15, 0.2) is 12.2 Å². The normalized spacial score (nSPS) is 14.9. The second-order valence-electron chi connectivity index (χ2n) is 7.58. The lowest BCUT2D eigenvalue weighted by molar-refractivity contribution is -0.396. The van der Waals surface area contributed by atoms with Gasteiger partial charge in [-0.1, -0.05) is 0 Å². The highest BCUT2D eigenvalue weighted by Gasteiger charge is 2.82. The van der Waals surface area contributed by atoms with Gasteiger partial charge in [0.2, 0.25) is 0 Å². The summed E-state index contributed by atoms with van der Waals surface area (Å²) in [6.07, 6.45) is -21.4. The first-order valence-electron chi connectivity index (χ1n) is 9.91. The monoisotopic (exact) mass is 636 g/mol. The highest BCUT2D eigenvalue weighted by atomic mass is 19.4. The van der Waals surface area contributed by atoms with Crippen molar-refractivity contribution in [3.63, 3.8) is 0 Å². The van der Waals surface area contributed by atoms with Gasteiger partial charge in [-0.25, -0.2) is 9.59 Å². The predicted molar refractivity (Wildman–Crippen MR) is 91.3 cm³/mol. The van der Waals surface area contributed by atoms with Gasteiger partial charge >= 0.3 is 59.8 Å². The van der Waals surface area contributed by atoms with Crippen molar-refractivity contribution in [3.05, 3.63) is 12.2 Å². The van der Waals surface area contributed by atoms with Crippen molar-refractivity contribution < 1.29 is 98.1 Å². The number of hydrogen-bond donors (Lipinski definition) is 0. The van der Waals surface area contributed by atoms with Crippen LogP contribution in [-0.4, -0.2) is 73.0 Å². The van der Waals surface area contributed by atoms with E-state index in [-0.39, 0.29) is 12.2 Å². The van der Waals surface area contributed by atoms with Crippen molar-refractivity contribution in [2.24, 2.45) is 0 Å². The van der Waals surface area contributed by atoms with Gasteiger partial charge in [0, 0.05) is 25.0 Å². The molecule has 0 bridgehead atoms. The van der Waals surface area contributed by atoms with Crippen LogP contribution in [0.1, 0.15) is 25.7 Å². The van der Waals surface area contributed by atoms with Gasteiger partial charge in [0.05, 0.1) is 13.2 Å². The van der Waals surface area contributed by atoms with E-state index in [4.69, 9.17) is 0 Å². The molecule has 0 saturated heterocycles. The van der Waals surface area contributed by atoms with Gasteiger partial charge < -0.3 is 9.47 Å². The van der Waals surface area contributed by atoms with Crippen LogP contribution >= 0.6 is 0 Å². The molecule has 236 valence electrons. The van der Waals surface area contributed by atoms with Gasteiger partial charge in [-0.2, -0.15) is 79.0 Å². The summed E-state index contributed by atoms with van der Waals surface area (Å²) in [6.45, 7) is -2.60. The minimum Gasteiger partial charge on any atom is -0.463 e. The van der Waals surface area contributed by atoms with Crippen molar-refractivity contribution in [2.45, 2.75) is 73.6 Å². The molecule has 0 aliphatic carbocycles. The fourth-order valence-electron chi connectivity index (χ4n) is 2.30. The first-order valence-corrected chi connectivity index (χ1v) is 9.91. The average molecular weight is 636 g/mol. The molecule has 0 N–H and O–H groups in total. The van der Waals surface area contributed by atoms with Gasteiger partial charge in [0.1, 0.15) is 0 Å². The molecule has 0 heterocycles. The van der Waals surface area contributed by atoms with E-state index in [1.165, 1.54) is 0 Å². The molecule has 0 aliphatic rings. The number of rotatable bonds is 14. The molecule has 0 aromatic heterocycles. The summed E-state index contributed by atoms with van der Waals surface area (Å²) in [6, 6.07) is 0. The Hall–Kier alpha value is -2.58. The van der Waals surface area contributed by atoms with Gasteiger partial charge in [-0.15, -0.1) is 0 Å². The van der Waals surface area contributed by atoms with Crippen molar-refractivity contribution in [2.75, 3.05) is 13.2 Å². The van der Waals surface area contributed by atoms with E-state index in [1.54, 1.807) is 0 Å². The smallest absolute Gasteiger partial charge is 0.460 e. The van der Waals surface area contributed by atoms with Gasteiger partial charge in [-0.3, -0.25) is 0 Å². The van der Waals surface area contributed by atoms with E-state index >= 15 is 0 Å². The molecule has 0 amide bonds. The standard InChI is InChI=1S/C18H14F18O4/c19-11(20,13(23,24)15(27,28)17(31,32)33)5-1-7-39-9(37)3-4-10(38)40-8-2-6-12(21,22)14(25,26)16(29,30)18(34,35)36/h3-4H,1-2,5-8H2/b4-3-. The maximum absolute atomic E-state index is 13.3. The maximum atomic E-state index is 13.3. The van der Waals surface area contributed by atoms with Gasteiger partial charge in [-0.05, 0) is 12.8 Å². The molecule has 0 rings (SSSR count). The van der Waals surface area contributed by atoms with E-state index < -0.39 is 98.7 Å². The molecule has 0 unspecified atom stereocenters. The van der Waals surface area contributed by atoms with Crippen molar-refractivity contribution >= 4 is 11.9 Å². The lowest BCUT2D eigenvalue weighted by Crippen LogP contribution is -2.60. The molecular weight excluding hydrogens is 622 g/mol. The van der Waals surface area contributed by atoms with Gasteiger partial charge in [0.25, 0.3) is 0 Å². The quantitative estimate of drug-likeness (QED) is 0.0882. The number of carbonyl (C=O) groups excluding carboxylic acids is 2. The lowest BCUT2D eigenvalue weighted by atomic mass is 10.00. The summed E-state index contributed by atoms with van der Waals surface area (Å²) >= 11 is 0. The van der Waals surface area contributed by atoms with Gasteiger partial charge in [0.15, 0.2) is 0 Å². The first-order chi connectivity index (χ1) is 17.5. The van der Waals surface area contributed by atoms with Crippen LogP contribution in [0.4, 0.5) is 79.0 Å². The fraction of sp³-hybridized carbons (Fsp3) is 0.778. The zero-order valence-electron chi connectivity index (χ0n) is 18.8. The molecule has 22 heteroatoms. The summed E-state index contributed by atoms with van der Waals surface area (Å²) in [4.78, 5) is 22.5. The summed E-state index contributed by atoms with van der Waals surface area (Å²) < 4.78 is 236. The van der Waals surface area contributed by atoms with Crippen LogP contribution in [-0.2, 0) is 19.1 Å². The van der Waals surface area contributed by atoms with Crippen molar-refractivity contribution in [3.8, 4) is 0 Å².